The zero-order chi connectivity index (χ0) is 14.4. The van der Waals surface area contributed by atoms with Crippen LogP contribution in [0.5, 0.6) is 0 Å². The van der Waals surface area contributed by atoms with E-state index in [1.165, 1.54) is 0 Å². The van der Waals surface area contributed by atoms with E-state index in [0.29, 0.717) is 33.5 Å². The summed E-state index contributed by atoms with van der Waals surface area (Å²) in [5, 5.41) is 3.89. The number of carbonyl (C=O) groups is 1. The first-order valence-electron chi connectivity index (χ1n) is 6.98. The fourth-order valence-corrected chi connectivity index (χ4v) is 3.70. The van der Waals surface area contributed by atoms with Crippen LogP contribution in [0.25, 0.3) is 0 Å². The van der Waals surface area contributed by atoms with Crippen LogP contribution in [0, 0.1) is 11.8 Å². The lowest BCUT2D eigenvalue weighted by atomic mass is 10.2. The number of likely N-dealkylation sites (tertiary alicyclic amines) is 1. The number of benzene rings is 1. The van der Waals surface area contributed by atoms with Gasteiger partial charge in [-0.05, 0) is 37.8 Å². The Labute approximate surface area is 129 Å². The van der Waals surface area contributed by atoms with E-state index in [-0.39, 0.29) is 11.9 Å². The molecule has 0 radical (unpaired) electrons. The Balaban J connectivity index is 1.63. The number of rotatable bonds is 3. The first-order valence-corrected chi connectivity index (χ1v) is 7.73. The molecule has 2 unspecified atom stereocenters. The molecule has 1 aliphatic heterocycles. The Hall–Kier alpha value is -0.770. The first kappa shape index (κ1) is 14.2. The van der Waals surface area contributed by atoms with Crippen LogP contribution in [0.15, 0.2) is 18.2 Å². The molecule has 0 aromatic heterocycles. The highest BCUT2D eigenvalue weighted by Gasteiger charge is 2.56. The number of hydrogen-bond donors (Lipinski definition) is 1. The minimum absolute atomic E-state index is 0.156. The smallest absolute Gasteiger partial charge is 0.254 e. The Morgan fingerprint density at radius 3 is 2.30 bits per heavy atom. The van der Waals surface area contributed by atoms with E-state index < -0.39 is 0 Å². The summed E-state index contributed by atoms with van der Waals surface area (Å²) in [6, 6.07) is 5.99. The largest absolute Gasteiger partial charge is 0.349 e. The maximum Gasteiger partial charge on any atom is 0.254 e. The van der Waals surface area contributed by atoms with Crippen LogP contribution < -0.4 is 5.32 Å². The molecule has 3 rings (SSSR count). The molecule has 1 saturated carbocycles. The SMILES string of the molecule is CC(C)N1CC2C(C1)C2NC(=O)c1c(Cl)cccc1Cl. The molecule has 0 spiro atoms. The average Bonchev–Trinajstić information content (AvgIpc) is 2.84. The Bertz CT molecular complexity index is 514. The zero-order valence-electron chi connectivity index (χ0n) is 11.6. The molecule has 1 heterocycles. The number of nitrogens with zero attached hydrogens (tertiary/aromatic N) is 1. The highest BCUT2D eigenvalue weighted by atomic mass is 35.5. The number of amides is 1. The molecular formula is C15H18Cl2N2O. The van der Waals surface area contributed by atoms with Gasteiger partial charge in [0.05, 0.1) is 15.6 Å². The third-order valence-electron chi connectivity index (χ3n) is 4.44. The van der Waals surface area contributed by atoms with Gasteiger partial charge in [0.1, 0.15) is 0 Å². The van der Waals surface area contributed by atoms with E-state index in [9.17, 15) is 4.79 Å². The molecule has 1 amide bonds. The summed E-state index contributed by atoms with van der Waals surface area (Å²) in [5.74, 6) is 1.02. The molecule has 20 heavy (non-hydrogen) atoms. The lowest BCUT2D eigenvalue weighted by Crippen LogP contribution is -2.37. The van der Waals surface area contributed by atoms with Crippen molar-refractivity contribution < 1.29 is 4.79 Å². The van der Waals surface area contributed by atoms with Crippen molar-refractivity contribution in [2.24, 2.45) is 11.8 Å². The van der Waals surface area contributed by atoms with Gasteiger partial charge < -0.3 is 10.2 Å². The van der Waals surface area contributed by atoms with Gasteiger partial charge >= 0.3 is 0 Å². The summed E-state index contributed by atoms with van der Waals surface area (Å²) >= 11 is 12.1. The molecule has 1 saturated heterocycles. The summed E-state index contributed by atoms with van der Waals surface area (Å²) in [7, 11) is 0. The van der Waals surface area contributed by atoms with Crippen molar-refractivity contribution in [2.75, 3.05) is 13.1 Å². The third-order valence-corrected chi connectivity index (χ3v) is 5.07. The first-order chi connectivity index (χ1) is 9.49. The molecular weight excluding hydrogens is 295 g/mol. The summed E-state index contributed by atoms with van der Waals surface area (Å²) in [4.78, 5) is 14.7. The van der Waals surface area contributed by atoms with Crippen molar-refractivity contribution >= 4 is 29.1 Å². The second kappa shape index (κ2) is 5.21. The normalized spacial score (nSPS) is 28.6. The van der Waals surface area contributed by atoms with E-state index in [1.807, 2.05) is 0 Å². The zero-order valence-corrected chi connectivity index (χ0v) is 13.1. The van der Waals surface area contributed by atoms with Crippen LogP contribution >= 0.6 is 23.2 Å². The number of fused-ring (bicyclic) bond motifs is 1. The topological polar surface area (TPSA) is 32.3 Å². The van der Waals surface area contributed by atoms with Crippen LogP contribution in [0.3, 0.4) is 0 Å². The molecule has 2 atom stereocenters. The minimum atomic E-state index is -0.156. The Morgan fingerprint density at radius 1 is 1.25 bits per heavy atom. The minimum Gasteiger partial charge on any atom is -0.349 e. The highest BCUT2D eigenvalue weighted by molar-refractivity contribution is 6.39. The highest BCUT2D eigenvalue weighted by Crippen LogP contribution is 2.46. The monoisotopic (exact) mass is 312 g/mol. The Kier molecular flexibility index (Phi) is 3.69. The molecule has 3 nitrogen and oxygen atoms in total. The van der Waals surface area contributed by atoms with Gasteiger partial charge in [-0.25, -0.2) is 0 Å². The van der Waals surface area contributed by atoms with Crippen LogP contribution in [0.2, 0.25) is 10.0 Å². The third kappa shape index (κ3) is 2.43. The predicted molar refractivity (Wildman–Crippen MR) is 81.4 cm³/mol. The molecule has 0 bridgehead atoms. The van der Waals surface area contributed by atoms with Gasteiger partial charge in [-0.15, -0.1) is 0 Å². The van der Waals surface area contributed by atoms with Crippen LogP contribution in [-0.2, 0) is 0 Å². The van der Waals surface area contributed by atoms with E-state index >= 15 is 0 Å². The number of nitrogens with one attached hydrogen (secondary N) is 1. The van der Waals surface area contributed by atoms with Crippen molar-refractivity contribution in [3.05, 3.63) is 33.8 Å². The second-order valence-corrected chi connectivity index (χ2v) is 6.79. The fourth-order valence-electron chi connectivity index (χ4n) is 3.13. The number of halogens is 2. The predicted octanol–water partition coefficient (Wildman–Crippen LogP) is 3.06. The molecule has 1 aromatic rings. The Morgan fingerprint density at radius 2 is 1.80 bits per heavy atom. The fraction of sp³-hybridized carbons (Fsp3) is 0.533. The van der Waals surface area contributed by atoms with Gasteiger partial charge in [0.25, 0.3) is 5.91 Å². The van der Waals surface area contributed by atoms with E-state index in [1.54, 1.807) is 18.2 Å². The molecule has 1 aliphatic carbocycles. The van der Waals surface area contributed by atoms with Crippen molar-refractivity contribution in [3.8, 4) is 0 Å². The lowest BCUT2D eigenvalue weighted by Gasteiger charge is -2.23. The molecule has 5 heteroatoms. The number of hydrogen-bond acceptors (Lipinski definition) is 2. The maximum absolute atomic E-state index is 12.3. The summed E-state index contributed by atoms with van der Waals surface area (Å²) < 4.78 is 0. The maximum atomic E-state index is 12.3. The van der Waals surface area contributed by atoms with Crippen LogP contribution in [0.4, 0.5) is 0 Å². The molecule has 108 valence electrons. The van der Waals surface area contributed by atoms with Crippen molar-refractivity contribution in [3.63, 3.8) is 0 Å². The molecule has 1 aromatic carbocycles. The van der Waals surface area contributed by atoms with Gasteiger partial charge in [-0.2, -0.15) is 0 Å². The van der Waals surface area contributed by atoms with E-state index in [4.69, 9.17) is 23.2 Å². The molecule has 1 N–H and O–H groups in total. The van der Waals surface area contributed by atoms with E-state index in [2.05, 4.69) is 24.1 Å². The van der Waals surface area contributed by atoms with Gasteiger partial charge in [0.15, 0.2) is 0 Å². The summed E-state index contributed by atoms with van der Waals surface area (Å²) in [5.41, 5.74) is 0.390. The average molecular weight is 313 g/mol. The second-order valence-electron chi connectivity index (χ2n) is 5.97. The van der Waals surface area contributed by atoms with Gasteiger partial charge in [0, 0.05) is 25.2 Å². The number of piperidine rings is 1. The molecule has 2 aliphatic rings. The van der Waals surface area contributed by atoms with E-state index in [0.717, 1.165) is 13.1 Å². The van der Waals surface area contributed by atoms with Crippen molar-refractivity contribution in [2.45, 2.75) is 25.9 Å². The van der Waals surface area contributed by atoms with Gasteiger partial charge in [-0.1, -0.05) is 29.3 Å². The van der Waals surface area contributed by atoms with Crippen LogP contribution in [-0.4, -0.2) is 36.0 Å². The van der Waals surface area contributed by atoms with Gasteiger partial charge in [0.2, 0.25) is 0 Å². The van der Waals surface area contributed by atoms with Gasteiger partial charge in [-0.3, -0.25) is 4.79 Å². The quantitative estimate of drug-likeness (QED) is 0.930. The lowest BCUT2D eigenvalue weighted by molar-refractivity contribution is 0.0942. The number of carbonyl (C=O) groups excluding carboxylic acids is 1. The van der Waals surface area contributed by atoms with Crippen molar-refractivity contribution in [1.82, 2.24) is 10.2 Å². The van der Waals surface area contributed by atoms with Crippen molar-refractivity contribution in [1.29, 1.82) is 0 Å². The van der Waals surface area contributed by atoms with Crippen LogP contribution in [0.1, 0.15) is 24.2 Å². The summed E-state index contributed by atoms with van der Waals surface area (Å²) in [6.45, 7) is 6.57. The summed E-state index contributed by atoms with van der Waals surface area (Å²) in [6.07, 6.45) is 0. The molecule has 2 fully saturated rings. The standard InChI is InChI=1S/C15H18Cl2N2O/c1-8(2)19-6-9-10(7-19)14(9)18-15(20)13-11(16)4-3-5-12(13)17/h3-5,8-10,14H,6-7H2,1-2H3,(H,18,20).